The first kappa shape index (κ1) is 29.9. The normalized spacial score (nSPS) is 14.3. The zero-order chi connectivity index (χ0) is 30.1. The third-order valence-corrected chi connectivity index (χ3v) is 7.87. The number of nitrogens with zero attached hydrogens (tertiary/aromatic N) is 4. The van der Waals surface area contributed by atoms with E-state index in [1.165, 1.54) is 28.9 Å². The van der Waals surface area contributed by atoms with Crippen LogP contribution >= 0.6 is 0 Å². The molecule has 0 saturated carbocycles. The predicted molar refractivity (Wildman–Crippen MR) is 160 cm³/mol. The number of methoxy groups -OCH3 is 1. The standard InChI is InChI=1S/C29H31N4O2.CH4O4S/c1-7-33-24-11-9-8-10-21(24)22-17-20(13-15-25(22)33)32(5)30-18-27-29(2,3)23-16-19(28(34)35-6)12-14-26(23)31(27)4;1-5-6(2,3)4/h8-18H,7H2,1-6H3;1H3,(H,2,3,4)/q+1;/p-1. The van der Waals surface area contributed by atoms with Gasteiger partial charge in [0.25, 0.3) is 0 Å². The summed E-state index contributed by atoms with van der Waals surface area (Å²) in [5.74, 6) is -0.326. The summed E-state index contributed by atoms with van der Waals surface area (Å²) >= 11 is 0. The highest BCUT2D eigenvalue weighted by Gasteiger charge is 2.44. The number of hydrogen-bond donors (Lipinski definition) is 0. The maximum Gasteiger partial charge on any atom is 0.337 e. The van der Waals surface area contributed by atoms with Gasteiger partial charge in [-0.1, -0.05) is 18.2 Å². The second-order valence-electron chi connectivity index (χ2n) is 10.1. The molecule has 1 aliphatic rings. The molecule has 4 aromatic rings. The van der Waals surface area contributed by atoms with Gasteiger partial charge in [0.15, 0.2) is 0 Å². The largest absolute Gasteiger partial charge is 0.726 e. The van der Waals surface area contributed by atoms with E-state index >= 15 is 0 Å². The lowest BCUT2D eigenvalue weighted by molar-refractivity contribution is -0.400. The number of carbonyl (C=O) groups is 1. The number of aryl methyl sites for hydroxylation is 1. The molecule has 216 valence electrons. The monoisotopic (exact) mass is 578 g/mol. The number of para-hydroxylation sites is 1. The third-order valence-electron chi connectivity index (χ3n) is 7.46. The number of fused-ring (bicyclic) bond motifs is 4. The fourth-order valence-corrected chi connectivity index (χ4v) is 5.30. The highest BCUT2D eigenvalue weighted by atomic mass is 32.3. The second kappa shape index (κ2) is 11.4. The highest BCUT2D eigenvalue weighted by molar-refractivity contribution is 7.80. The van der Waals surface area contributed by atoms with Gasteiger partial charge in [-0.3, -0.25) is 9.19 Å². The van der Waals surface area contributed by atoms with Gasteiger partial charge in [0.2, 0.25) is 21.8 Å². The lowest BCUT2D eigenvalue weighted by Gasteiger charge is -2.17. The van der Waals surface area contributed by atoms with Gasteiger partial charge in [-0.25, -0.2) is 13.2 Å². The second-order valence-corrected chi connectivity index (χ2v) is 11.2. The van der Waals surface area contributed by atoms with Crippen molar-refractivity contribution in [1.29, 1.82) is 0 Å². The molecule has 0 aliphatic carbocycles. The van der Waals surface area contributed by atoms with Crippen molar-refractivity contribution in [3.63, 3.8) is 0 Å². The maximum atomic E-state index is 12.1. The molecule has 1 aromatic heterocycles. The molecule has 11 heteroatoms. The summed E-state index contributed by atoms with van der Waals surface area (Å²) in [6, 6.07) is 20.8. The van der Waals surface area contributed by atoms with Crippen molar-refractivity contribution in [2.24, 2.45) is 5.10 Å². The first-order valence-corrected chi connectivity index (χ1v) is 14.3. The molecule has 0 N–H and O–H groups in total. The molecule has 0 bridgehead atoms. The number of carbonyl (C=O) groups excluding carboxylic acids is 1. The maximum absolute atomic E-state index is 12.1. The summed E-state index contributed by atoms with van der Waals surface area (Å²) in [5.41, 5.74) is 6.98. The van der Waals surface area contributed by atoms with Gasteiger partial charge in [-0.15, -0.1) is 0 Å². The van der Waals surface area contributed by atoms with E-state index in [1.54, 1.807) is 0 Å². The Balaban J connectivity index is 0.000000585. The van der Waals surface area contributed by atoms with E-state index in [9.17, 15) is 17.8 Å². The zero-order valence-corrected chi connectivity index (χ0v) is 25.0. The Kier molecular flexibility index (Phi) is 8.34. The van der Waals surface area contributed by atoms with E-state index in [4.69, 9.17) is 9.84 Å². The Morgan fingerprint density at radius 1 is 1.07 bits per heavy atom. The summed E-state index contributed by atoms with van der Waals surface area (Å²) in [5, 5.41) is 9.23. The molecule has 5 rings (SSSR count). The number of esters is 1. The van der Waals surface area contributed by atoms with E-state index < -0.39 is 10.4 Å². The van der Waals surface area contributed by atoms with Crippen molar-refractivity contribution < 1.29 is 31.3 Å². The summed E-state index contributed by atoms with van der Waals surface area (Å²) < 4.78 is 40.4. The van der Waals surface area contributed by atoms with Gasteiger partial charge < -0.3 is 13.9 Å². The molecule has 2 heterocycles. The number of anilines is 1. The van der Waals surface area contributed by atoms with Crippen LogP contribution in [0.15, 0.2) is 65.8 Å². The molecule has 0 spiro atoms. The van der Waals surface area contributed by atoms with Crippen LogP contribution in [0.1, 0.15) is 36.7 Å². The lowest BCUT2D eigenvalue weighted by Crippen LogP contribution is -2.30. The number of hydrazone groups is 1. The van der Waals surface area contributed by atoms with Crippen LogP contribution in [-0.2, 0) is 31.3 Å². The van der Waals surface area contributed by atoms with Crippen molar-refractivity contribution in [3.05, 3.63) is 71.8 Å². The van der Waals surface area contributed by atoms with Crippen LogP contribution in [0.2, 0.25) is 0 Å². The first-order chi connectivity index (χ1) is 19.3. The SMILES string of the molecule is CCn1c2ccccc2c2cc(N(C)N=CC3=[N+](C)c4ccc(C(=O)OC)cc4C3(C)C)ccc21.COS(=O)(=O)[O-]. The molecule has 0 fully saturated rings. The lowest BCUT2D eigenvalue weighted by atomic mass is 9.81. The zero-order valence-electron chi connectivity index (χ0n) is 24.2. The summed E-state index contributed by atoms with van der Waals surface area (Å²) in [4.78, 5) is 12.1. The third kappa shape index (κ3) is 5.74. The summed E-state index contributed by atoms with van der Waals surface area (Å²) in [6.07, 6.45) is 1.93. The van der Waals surface area contributed by atoms with Crippen LogP contribution < -0.4 is 5.01 Å². The van der Waals surface area contributed by atoms with Crippen molar-refractivity contribution >= 4 is 61.5 Å². The van der Waals surface area contributed by atoms with Gasteiger partial charge in [-0.05, 0) is 57.2 Å². The average Bonchev–Trinajstić information content (AvgIpc) is 3.38. The Bertz CT molecular complexity index is 1800. The van der Waals surface area contributed by atoms with E-state index in [-0.39, 0.29) is 11.4 Å². The van der Waals surface area contributed by atoms with Gasteiger partial charge in [-0.2, -0.15) is 9.68 Å². The van der Waals surface area contributed by atoms with Gasteiger partial charge in [0.05, 0.1) is 30.9 Å². The Labute approximate surface area is 240 Å². The van der Waals surface area contributed by atoms with Gasteiger partial charge in [0, 0.05) is 47.0 Å². The van der Waals surface area contributed by atoms with Crippen LogP contribution in [-0.4, -0.2) is 68.3 Å². The van der Waals surface area contributed by atoms with Gasteiger partial charge in [0.1, 0.15) is 13.3 Å². The molecule has 41 heavy (non-hydrogen) atoms. The number of rotatable bonds is 6. The molecule has 0 unspecified atom stereocenters. The quantitative estimate of drug-likeness (QED) is 0.0804. The van der Waals surface area contributed by atoms with E-state index in [0.29, 0.717) is 5.56 Å². The number of benzene rings is 3. The van der Waals surface area contributed by atoms with Crippen molar-refractivity contribution in [2.75, 3.05) is 33.3 Å². The molecule has 3 aromatic carbocycles. The smallest absolute Gasteiger partial charge is 0.337 e. The topological polar surface area (TPSA) is 116 Å². The minimum Gasteiger partial charge on any atom is -0.726 e. The van der Waals surface area contributed by atoms with E-state index in [1.807, 2.05) is 43.5 Å². The molecular formula is C30H34N4O6S. The minimum atomic E-state index is -4.41. The number of hydrogen-bond acceptors (Lipinski definition) is 8. The molecular weight excluding hydrogens is 544 g/mol. The molecule has 0 saturated heterocycles. The molecule has 0 atom stereocenters. The predicted octanol–water partition coefficient (Wildman–Crippen LogP) is 4.82. The van der Waals surface area contributed by atoms with E-state index in [0.717, 1.165) is 36.3 Å². The van der Waals surface area contributed by atoms with Crippen LogP contribution in [0, 0.1) is 0 Å². The van der Waals surface area contributed by atoms with Crippen LogP contribution in [0.25, 0.3) is 21.8 Å². The molecule has 0 amide bonds. The first-order valence-electron chi connectivity index (χ1n) is 13.0. The fraction of sp³-hybridized carbons (Fsp3) is 0.300. The average molecular weight is 579 g/mol. The van der Waals surface area contributed by atoms with Gasteiger partial charge >= 0.3 is 5.97 Å². The van der Waals surface area contributed by atoms with Crippen LogP contribution in [0.5, 0.6) is 0 Å². The molecule has 10 nitrogen and oxygen atoms in total. The fourth-order valence-electron chi connectivity index (χ4n) is 5.30. The van der Waals surface area contributed by atoms with Crippen molar-refractivity contribution in [2.45, 2.75) is 32.7 Å². The summed E-state index contributed by atoms with van der Waals surface area (Å²) in [6.45, 7) is 7.42. The minimum absolute atomic E-state index is 0.309. The highest BCUT2D eigenvalue weighted by Crippen LogP contribution is 2.39. The Morgan fingerprint density at radius 2 is 1.73 bits per heavy atom. The van der Waals surface area contributed by atoms with Crippen LogP contribution in [0.3, 0.4) is 0 Å². The number of ether oxygens (including phenoxy) is 1. The van der Waals surface area contributed by atoms with Crippen LogP contribution in [0.4, 0.5) is 11.4 Å². The Hall–Kier alpha value is -4.06. The molecule has 0 radical (unpaired) electrons. The van der Waals surface area contributed by atoms with E-state index in [2.05, 4.69) is 76.6 Å². The van der Waals surface area contributed by atoms with Crippen molar-refractivity contribution in [3.8, 4) is 0 Å². The Morgan fingerprint density at radius 3 is 2.37 bits per heavy atom. The summed E-state index contributed by atoms with van der Waals surface area (Å²) in [7, 11) is 1.82. The number of aromatic nitrogens is 1. The molecule has 1 aliphatic heterocycles. The van der Waals surface area contributed by atoms with Crippen molar-refractivity contribution in [1.82, 2.24) is 4.57 Å².